The highest BCUT2D eigenvalue weighted by Gasteiger charge is 2.26. The summed E-state index contributed by atoms with van der Waals surface area (Å²) in [6.45, 7) is 4.13. The predicted molar refractivity (Wildman–Crippen MR) is 106 cm³/mol. The van der Waals surface area contributed by atoms with Crippen LogP contribution in [0.4, 0.5) is 0 Å². The maximum absolute atomic E-state index is 12.1. The number of carbonyl (C=O) groups excluding carboxylic acids is 2. The minimum atomic E-state index is -0.681. The van der Waals surface area contributed by atoms with Crippen molar-refractivity contribution in [2.75, 3.05) is 13.7 Å². The lowest BCUT2D eigenvalue weighted by Gasteiger charge is -2.21. The number of hydrogen-bond donors (Lipinski definition) is 1. The Balaban J connectivity index is 1.81. The minimum Gasteiger partial charge on any atom is -0.489 e. The van der Waals surface area contributed by atoms with E-state index in [0.29, 0.717) is 18.1 Å². The van der Waals surface area contributed by atoms with Gasteiger partial charge in [0.2, 0.25) is 0 Å². The fourth-order valence-corrected chi connectivity index (χ4v) is 2.53. The Morgan fingerprint density at radius 2 is 1.57 bits per heavy atom. The normalized spacial score (nSPS) is 12.5. The van der Waals surface area contributed by atoms with Gasteiger partial charge < -0.3 is 19.5 Å². The SMILES string of the molecule is CC[C@H](C)[C@H](NC(=O)COc1ccc(OCc2ccccc2)cc1)C(=O)OC. The molecule has 0 unspecified atom stereocenters. The Labute approximate surface area is 165 Å². The largest absolute Gasteiger partial charge is 0.489 e. The molecule has 2 aromatic carbocycles. The summed E-state index contributed by atoms with van der Waals surface area (Å²) >= 11 is 0. The maximum Gasteiger partial charge on any atom is 0.328 e. The Kier molecular flexibility index (Phi) is 8.34. The van der Waals surface area contributed by atoms with E-state index in [1.807, 2.05) is 44.2 Å². The van der Waals surface area contributed by atoms with Gasteiger partial charge in [-0.2, -0.15) is 0 Å². The lowest BCUT2D eigenvalue weighted by Crippen LogP contribution is -2.47. The van der Waals surface area contributed by atoms with Crippen molar-refractivity contribution >= 4 is 11.9 Å². The van der Waals surface area contributed by atoms with Crippen molar-refractivity contribution in [1.29, 1.82) is 0 Å². The topological polar surface area (TPSA) is 73.9 Å². The molecule has 2 rings (SSSR count). The second kappa shape index (κ2) is 11.0. The number of carbonyl (C=O) groups is 2. The van der Waals surface area contributed by atoms with E-state index in [4.69, 9.17) is 14.2 Å². The van der Waals surface area contributed by atoms with Crippen molar-refractivity contribution in [2.45, 2.75) is 32.9 Å². The summed E-state index contributed by atoms with van der Waals surface area (Å²) < 4.78 is 16.0. The smallest absolute Gasteiger partial charge is 0.328 e. The molecule has 0 radical (unpaired) electrons. The van der Waals surface area contributed by atoms with E-state index in [2.05, 4.69) is 5.32 Å². The third kappa shape index (κ3) is 6.61. The first kappa shape index (κ1) is 21.3. The van der Waals surface area contributed by atoms with Crippen LogP contribution in [0.3, 0.4) is 0 Å². The molecular weight excluding hydrogens is 358 g/mol. The van der Waals surface area contributed by atoms with Gasteiger partial charge in [-0.15, -0.1) is 0 Å². The van der Waals surface area contributed by atoms with Crippen LogP contribution < -0.4 is 14.8 Å². The molecule has 0 spiro atoms. The van der Waals surface area contributed by atoms with Crippen LogP contribution in [0.25, 0.3) is 0 Å². The summed E-state index contributed by atoms with van der Waals surface area (Å²) in [5.74, 6) is 0.392. The lowest BCUT2D eigenvalue weighted by molar-refractivity contribution is -0.146. The first-order chi connectivity index (χ1) is 13.5. The zero-order chi connectivity index (χ0) is 20.4. The highest BCUT2D eigenvalue weighted by atomic mass is 16.5. The number of ether oxygens (including phenoxy) is 3. The van der Waals surface area contributed by atoms with Gasteiger partial charge in [0.25, 0.3) is 5.91 Å². The van der Waals surface area contributed by atoms with E-state index in [0.717, 1.165) is 12.0 Å². The van der Waals surface area contributed by atoms with Crippen LogP contribution in [0.1, 0.15) is 25.8 Å². The van der Waals surface area contributed by atoms with Gasteiger partial charge in [0.05, 0.1) is 7.11 Å². The lowest BCUT2D eigenvalue weighted by atomic mass is 9.99. The Bertz CT molecular complexity index is 745. The van der Waals surface area contributed by atoms with E-state index in [-0.39, 0.29) is 18.4 Å². The number of methoxy groups -OCH3 is 1. The average Bonchev–Trinajstić information content (AvgIpc) is 2.75. The van der Waals surface area contributed by atoms with Crippen LogP contribution in [0, 0.1) is 5.92 Å². The average molecular weight is 385 g/mol. The molecule has 0 aromatic heterocycles. The molecule has 6 heteroatoms. The number of hydrogen-bond acceptors (Lipinski definition) is 5. The number of amides is 1. The summed E-state index contributed by atoms with van der Waals surface area (Å²) in [5.41, 5.74) is 1.08. The molecule has 150 valence electrons. The van der Waals surface area contributed by atoms with Crippen LogP contribution in [0.2, 0.25) is 0 Å². The minimum absolute atomic E-state index is 0.0301. The van der Waals surface area contributed by atoms with Crippen LogP contribution in [-0.4, -0.2) is 31.6 Å². The van der Waals surface area contributed by atoms with E-state index in [1.165, 1.54) is 7.11 Å². The van der Waals surface area contributed by atoms with E-state index < -0.39 is 12.0 Å². The first-order valence-electron chi connectivity index (χ1n) is 9.30. The van der Waals surface area contributed by atoms with Gasteiger partial charge in [-0.25, -0.2) is 4.79 Å². The second-order valence-electron chi connectivity index (χ2n) is 6.49. The molecule has 1 N–H and O–H groups in total. The highest BCUT2D eigenvalue weighted by Crippen LogP contribution is 2.18. The number of esters is 1. The zero-order valence-corrected chi connectivity index (χ0v) is 16.5. The van der Waals surface area contributed by atoms with Crippen molar-refractivity contribution in [2.24, 2.45) is 5.92 Å². The van der Waals surface area contributed by atoms with Crippen molar-refractivity contribution in [3.05, 3.63) is 60.2 Å². The monoisotopic (exact) mass is 385 g/mol. The molecule has 0 bridgehead atoms. The molecule has 0 aliphatic heterocycles. The Morgan fingerprint density at radius 3 is 2.14 bits per heavy atom. The molecule has 28 heavy (non-hydrogen) atoms. The van der Waals surface area contributed by atoms with Crippen LogP contribution in [0.15, 0.2) is 54.6 Å². The molecule has 1 amide bonds. The van der Waals surface area contributed by atoms with Crippen molar-refractivity contribution in [1.82, 2.24) is 5.32 Å². The van der Waals surface area contributed by atoms with Crippen LogP contribution >= 0.6 is 0 Å². The van der Waals surface area contributed by atoms with Gasteiger partial charge >= 0.3 is 5.97 Å². The number of benzene rings is 2. The summed E-state index contributed by atoms with van der Waals surface area (Å²) in [6.07, 6.45) is 0.741. The van der Waals surface area contributed by atoms with Crippen LogP contribution in [0.5, 0.6) is 11.5 Å². The van der Waals surface area contributed by atoms with Gasteiger partial charge in [-0.3, -0.25) is 4.79 Å². The van der Waals surface area contributed by atoms with Crippen molar-refractivity contribution in [3.63, 3.8) is 0 Å². The predicted octanol–water partition coefficient (Wildman–Crippen LogP) is 3.35. The number of rotatable bonds is 10. The number of nitrogens with one attached hydrogen (secondary N) is 1. The molecule has 0 saturated carbocycles. The van der Waals surface area contributed by atoms with Crippen molar-refractivity contribution < 1.29 is 23.8 Å². The van der Waals surface area contributed by atoms with Crippen molar-refractivity contribution in [3.8, 4) is 11.5 Å². The summed E-state index contributed by atoms with van der Waals surface area (Å²) in [4.78, 5) is 24.0. The molecule has 0 aliphatic carbocycles. The molecule has 0 aliphatic rings. The first-order valence-corrected chi connectivity index (χ1v) is 9.30. The fraction of sp³-hybridized carbons (Fsp3) is 0.364. The molecule has 6 nitrogen and oxygen atoms in total. The van der Waals surface area contributed by atoms with Gasteiger partial charge in [0.15, 0.2) is 6.61 Å². The summed E-state index contributed by atoms with van der Waals surface area (Å²) in [5, 5.41) is 2.68. The maximum atomic E-state index is 12.1. The van der Waals surface area contributed by atoms with Crippen LogP contribution in [-0.2, 0) is 20.9 Å². The molecular formula is C22H27NO5. The molecule has 0 heterocycles. The van der Waals surface area contributed by atoms with Gasteiger partial charge in [-0.1, -0.05) is 50.6 Å². The summed E-state index contributed by atoms with van der Waals surface area (Å²) in [6, 6.07) is 16.2. The van der Waals surface area contributed by atoms with Gasteiger partial charge in [0.1, 0.15) is 24.1 Å². The molecule has 0 saturated heterocycles. The van der Waals surface area contributed by atoms with Gasteiger partial charge in [-0.05, 0) is 35.7 Å². The second-order valence-corrected chi connectivity index (χ2v) is 6.49. The Morgan fingerprint density at radius 1 is 0.964 bits per heavy atom. The summed E-state index contributed by atoms with van der Waals surface area (Å²) in [7, 11) is 1.31. The van der Waals surface area contributed by atoms with E-state index >= 15 is 0 Å². The molecule has 2 aromatic rings. The van der Waals surface area contributed by atoms with E-state index in [9.17, 15) is 9.59 Å². The highest BCUT2D eigenvalue weighted by molar-refractivity contribution is 5.85. The molecule has 0 fully saturated rings. The van der Waals surface area contributed by atoms with Gasteiger partial charge in [0, 0.05) is 0 Å². The zero-order valence-electron chi connectivity index (χ0n) is 16.5. The quantitative estimate of drug-likeness (QED) is 0.635. The standard InChI is InChI=1S/C22H27NO5/c1-4-16(2)21(22(25)26-3)23-20(24)15-28-19-12-10-18(11-13-19)27-14-17-8-6-5-7-9-17/h5-13,16,21H,4,14-15H2,1-3H3,(H,23,24)/t16-,21-/m0/s1. The van der Waals surface area contributed by atoms with E-state index in [1.54, 1.807) is 24.3 Å². The third-order valence-corrected chi connectivity index (χ3v) is 4.43. The third-order valence-electron chi connectivity index (χ3n) is 4.43. The molecule has 2 atom stereocenters. The Hall–Kier alpha value is -3.02. The fourth-order valence-electron chi connectivity index (χ4n) is 2.53.